The van der Waals surface area contributed by atoms with Crippen molar-refractivity contribution < 1.29 is 4.79 Å². The van der Waals surface area contributed by atoms with Gasteiger partial charge in [-0.3, -0.25) is 0 Å². The molecule has 1 N–H and O–H groups in total. The lowest BCUT2D eigenvalue weighted by molar-refractivity contribution is 0.121. The van der Waals surface area contributed by atoms with Gasteiger partial charge in [0.15, 0.2) is 0 Å². The lowest BCUT2D eigenvalue weighted by atomic mass is 9.89. The lowest BCUT2D eigenvalue weighted by Gasteiger charge is -2.38. The van der Waals surface area contributed by atoms with Crippen molar-refractivity contribution in [3.8, 4) is 0 Å². The Morgan fingerprint density at radius 1 is 1.27 bits per heavy atom. The van der Waals surface area contributed by atoms with Gasteiger partial charge in [-0.15, -0.1) is 0 Å². The zero-order valence-corrected chi connectivity index (χ0v) is 9.83. The predicted octanol–water partition coefficient (Wildman–Crippen LogP) is 2.37. The monoisotopic (exact) mass is 210 g/mol. The largest absolute Gasteiger partial charge is 0.338 e. The third-order valence-corrected chi connectivity index (χ3v) is 3.97. The molecule has 86 valence electrons. The van der Waals surface area contributed by atoms with Crippen LogP contribution in [0.3, 0.4) is 0 Å². The summed E-state index contributed by atoms with van der Waals surface area (Å²) < 4.78 is 0. The number of fused-ring (bicyclic) bond motifs is 2. The molecule has 2 rings (SSSR count). The molecule has 0 radical (unpaired) electrons. The van der Waals surface area contributed by atoms with Gasteiger partial charge in [0.2, 0.25) is 0 Å². The van der Waals surface area contributed by atoms with Gasteiger partial charge >= 0.3 is 6.03 Å². The lowest BCUT2D eigenvalue weighted by Crippen LogP contribution is -2.50. The summed E-state index contributed by atoms with van der Waals surface area (Å²) >= 11 is 0. The molecular formula is C12H22N2O. The Labute approximate surface area is 92.2 Å². The highest BCUT2D eigenvalue weighted by atomic mass is 16.2. The van der Waals surface area contributed by atoms with Gasteiger partial charge in [-0.1, -0.05) is 13.3 Å². The molecule has 2 heterocycles. The van der Waals surface area contributed by atoms with E-state index in [2.05, 4.69) is 17.1 Å². The van der Waals surface area contributed by atoms with E-state index in [1.165, 1.54) is 32.1 Å². The highest BCUT2D eigenvalue weighted by Gasteiger charge is 2.42. The molecule has 0 aromatic heterocycles. The van der Waals surface area contributed by atoms with Crippen LogP contribution in [0.4, 0.5) is 4.79 Å². The summed E-state index contributed by atoms with van der Waals surface area (Å²) in [6.45, 7) is 5.00. The number of hydrogen-bond acceptors (Lipinski definition) is 1. The summed E-state index contributed by atoms with van der Waals surface area (Å²) in [7, 11) is 0. The number of urea groups is 1. The van der Waals surface area contributed by atoms with Gasteiger partial charge in [-0.2, -0.15) is 0 Å². The van der Waals surface area contributed by atoms with Gasteiger partial charge in [-0.05, 0) is 38.5 Å². The number of piperidine rings is 1. The van der Waals surface area contributed by atoms with Gasteiger partial charge in [-0.25, -0.2) is 4.79 Å². The molecule has 2 saturated heterocycles. The van der Waals surface area contributed by atoms with Crippen LogP contribution in [0, 0.1) is 5.92 Å². The Morgan fingerprint density at radius 3 is 2.33 bits per heavy atom. The summed E-state index contributed by atoms with van der Waals surface area (Å²) in [5, 5.41) is 2.94. The first kappa shape index (κ1) is 10.8. The van der Waals surface area contributed by atoms with Crippen LogP contribution in [-0.4, -0.2) is 29.6 Å². The molecule has 3 atom stereocenters. The van der Waals surface area contributed by atoms with E-state index in [1.54, 1.807) is 0 Å². The Hall–Kier alpha value is -0.730. The van der Waals surface area contributed by atoms with Crippen molar-refractivity contribution in [1.82, 2.24) is 10.2 Å². The molecular weight excluding hydrogens is 188 g/mol. The van der Waals surface area contributed by atoms with Gasteiger partial charge in [0.05, 0.1) is 0 Å². The highest BCUT2D eigenvalue weighted by Crippen LogP contribution is 2.39. The van der Waals surface area contributed by atoms with Crippen molar-refractivity contribution in [2.45, 2.75) is 58.0 Å². The van der Waals surface area contributed by atoms with E-state index in [4.69, 9.17) is 0 Å². The summed E-state index contributed by atoms with van der Waals surface area (Å²) in [6, 6.07) is 1.22. The fourth-order valence-electron chi connectivity index (χ4n) is 3.20. The van der Waals surface area contributed by atoms with Crippen molar-refractivity contribution >= 4 is 6.03 Å². The minimum Gasteiger partial charge on any atom is -0.338 e. The first-order chi connectivity index (χ1) is 7.26. The van der Waals surface area contributed by atoms with Crippen LogP contribution >= 0.6 is 0 Å². The van der Waals surface area contributed by atoms with E-state index in [1.807, 2.05) is 6.92 Å². The molecule has 0 spiro atoms. The maximum atomic E-state index is 11.9. The van der Waals surface area contributed by atoms with Crippen molar-refractivity contribution in [2.75, 3.05) is 6.54 Å². The zero-order chi connectivity index (χ0) is 10.8. The normalized spacial score (nSPS) is 34.3. The van der Waals surface area contributed by atoms with Crippen LogP contribution in [-0.2, 0) is 0 Å². The number of rotatable bonds is 2. The van der Waals surface area contributed by atoms with Crippen LogP contribution in [0.1, 0.15) is 46.0 Å². The van der Waals surface area contributed by atoms with Gasteiger partial charge in [0.1, 0.15) is 0 Å². The second-order valence-corrected chi connectivity index (χ2v) is 4.87. The fourth-order valence-corrected chi connectivity index (χ4v) is 3.20. The van der Waals surface area contributed by atoms with E-state index < -0.39 is 0 Å². The molecule has 0 aromatic rings. The molecule has 0 aliphatic carbocycles. The van der Waals surface area contributed by atoms with Crippen molar-refractivity contribution in [3.63, 3.8) is 0 Å². The Balaban J connectivity index is 2.01. The molecule has 2 bridgehead atoms. The van der Waals surface area contributed by atoms with E-state index in [0.29, 0.717) is 12.1 Å². The quantitative estimate of drug-likeness (QED) is 0.745. The molecule has 15 heavy (non-hydrogen) atoms. The summed E-state index contributed by atoms with van der Waals surface area (Å²) in [6.07, 6.45) is 6.17. The SMILES string of the molecule is CCNC(=O)N1[C@@H]2CC[C@H]1C[C@@H](CC)C2. The van der Waals surface area contributed by atoms with Crippen molar-refractivity contribution in [1.29, 1.82) is 0 Å². The summed E-state index contributed by atoms with van der Waals surface area (Å²) in [4.78, 5) is 14.0. The molecule has 0 aromatic carbocycles. The summed E-state index contributed by atoms with van der Waals surface area (Å²) in [5.74, 6) is 0.855. The molecule has 2 aliphatic heterocycles. The topological polar surface area (TPSA) is 32.3 Å². The average molecular weight is 210 g/mol. The third-order valence-electron chi connectivity index (χ3n) is 3.97. The molecule has 0 saturated carbocycles. The molecule has 3 heteroatoms. The predicted molar refractivity (Wildman–Crippen MR) is 60.7 cm³/mol. The Morgan fingerprint density at radius 2 is 1.87 bits per heavy atom. The van der Waals surface area contributed by atoms with Crippen molar-refractivity contribution in [3.05, 3.63) is 0 Å². The van der Waals surface area contributed by atoms with Crippen LogP contribution < -0.4 is 5.32 Å². The highest BCUT2D eigenvalue weighted by molar-refractivity contribution is 5.75. The maximum absolute atomic E-state index is 11.9. The number of nitrogens with one attached hydrogen (secondary N) is 1. The molecule has 2 fully saturated rings. The number of carbonyl (C=O) groups excluding carboxylic acids is 1. The molecule has 0 unspecified atom stereocenters. The van der Waals surface area contributed by atoms with E-state index in [0.717, 1.165) is 12.5 Å². The Bertz CT molecular complexity index is 228. The zero-order valence-electron chi connectivity index (χ0n) is 9.83. The van der Waals surface area contributed by atoms with E-state index in [-0.39, 0.29) is 6.03 Å². The smallest absolute Gasteiger partial charge is 0.317 e. The summed E-state index contributed by atoms with van der Waals surface area (Å²) in [5.41, 5.74) is 0. The first-order valence-electron chi connectivity index (χ1n) is 6.32. The van der Waals surface area contributed by atoms with Crippen LogP contribution in [0.15, 0.2) is 0 Å². The van der Waals surface area contributed by atoms with E-state index >= 15 is 0 Å². The average Bonchev–Trinajstić information content (AvgIpc) is 2.50. The molecule has 2 aliphatic rings. The molecule has 3 nitrogen and oxygen atoms in total. The van der Waals surface area contributed by atoms with Gasteiger partial charge in [0, 0.05) is 18.6 Å². The van der Waals surface area contributed by atoms with Gasteiger partial charge in [0.25, 0.3) is 0 Å². The minimum absolute atomic E-state index is 0.166. The van der Waals surface area contributed by atoms with Crippen molar-refractivity contribution in [2.24, 2.45) is 5.92 Å². The van der Waals surface area contributed by atoms with E-state index in [9.17, 15) is 4.79 Å². The van der Waals surface area contributed by atoms with Crippen LogP contribution in [0.25, 0.3) is 0 Å². The number of carbonyl (C=O) groups is 1. The number of amides is 2. The molecule has 2 amide bonds. The number of nitrogens with zero attached hydrogens (tertiary/aromatic N) is 1. The maximum Gasteiger partial charge on any atom is 0.317 e. The standard InChI is InChI=1S/C12H22N2O/c1-3-9-7-10-5-6-11(8-9)14(10)12(15)13-4-2/h9-11H,3-8H2,1-2H3,(H,13,15)/t9-,10+,11-. The first-order valence-corrected chi connectivity index (χ1v) is 6.32. The second-order valence-electron chi connectivity index (χ2n) is 4.87. The Kier molecular flexibility index (Phi) is 3.17. The fraction of sp³-hybridized carbons (Fsp3) is 0.917. The van der Waals surface area contributed by atoms with Crippen LogP contribution in [0.2, 0.25) is 0 Å². The second kappa shape index (κ2) is 4.42. The van der Waals surface area contributed by atoms with Crippen LogP contribution in [0.5, 0.6) is 0 Å². The third kappa shape index (κ3) is 1.97. The number of hydrogen-bond donors (Lipinski definition) is 1. The van der Waals surface area contributed by atoms with Gasteiger partial charge < -0.3 is 10.2 Å². The minimum atomic E-state index is 0.166.